The molecule has 0 saturated carbocycles. The Morgan fingerprint density at radius 3 is 3.00 bits per heavy atom. The van der Waals surface area contributed by atoms with Crippen molar-refractivity contribution in [2.45, 2.75) is 0 Å². The highest BCUT2D eigenvalue weighted by Gasteiger charge is 2.13. The average molecular weight is 285 g/mol. The summed E-state index contributed by atoms with van der Waals surface area (Å²) in [7, 11) is 0. The molecule has 0 atom stereocenters. The maximum Gasteiger partial charge on any atom is 0.259 e. The number of para-hydroxylation sites is 1. The van der Waals surface area contributed by atoms with Crippen LogP contribution in [0, 0.1) is 0 Å². The van der Waals surface area contributed by atoms with Gasteiger partial charge in [-0.3, -0.25) is 4.79 Å². The normalized spacial score (nSPS) is 10.6. The highest BCUT2D eigenvalue weighted by molar-refractivity contribution is 7.16. The number of benzene rings is 2. The number of carbonyl (C=O) groups is 1. The van der Waals surface area contributed by atoms with E-state index in [1.54, 1.807) is 17.6 Å². The van der Waals surface area contributed by atoms with Crippen molar-refractivity contribution in [3.63, 3.8) is 0 Å². The fraction of sp³-hybridized carbons (Fsp3) is 0. The molecule has 0 aliphatic rings. The van der Waals surface area contributed by atoms with Crippen LogP contribution in [0.15, 0.2) is 41.9 Å². The number of nitrogens with one attached hydrogen (secondary N) is 1. The number of anilines is 2. The van der Waals surface area contributed by atoms with Crippen LogP contribution in [0.5, 0.6) is 5.75 Å². The minimum Gasteiger partial charge on any atom is -0.505 e. The summed E-state index contributed by atoms with van der Waals surface area (Å²) in [6, 6.07) is 10.1. The van der Waals surface area contributed by atoms with Crippen molar-refractivity contribution in [3.05, 3.63) is 47.5 Å². The molecule has 0 aliphatic carbocycles. The van der Waals surface area contributed by atoms with E-state index in [2.05, 4.69) is 10.3 Å². The minimum absolute atomic E-state index is 0.148. The molecule has 0 spiro atoms. The molecule has 3 rings (SSSR count). The van der Waals surface area contributed by atoms with E-state index < -0.39 is 5.91 Å². The molecule has 0 fully saturated rings. The first-order valence-corrected chi connectivity index (χ1v) is 6.75. The molecule has 1 heterocycles. The summed E-state index contributed by atoms with van der Waals surface area (Å²) in [5, 5.41) is 12.5. The van der Waals surface area contributed by atoms with Gasteiger partial charge in [0, 0.05) is 5.69 Å². The molecule has 1 aromatic heterocycles. The standard InChI is InChI=1S/C14H11N3O2S/c15-10-3-1-2-9(13(10)18)14(19)17-8-4-5-11-12(6-8)20-7-16-11/h1-7,18H,15H2,(H,17,19). The smallest absolute Gasteiger partial charge is 0.259 e. The number of aromatic hydroxyl groups is 1. The van der Waals surface area contributed by atoms with Gasteiger partial charge in [-0.25, -0.2) is 4.98 Å². The van der Waals surface area contributed by atoms with Crippen LogP contribution in [0.1, 0.15) is 10.4 Å². The van der Waals surface area contributed by atoms with Crippen LogP contribution in [-0.2, 0) is 0 Å². The Morgan fingerprint density at radius 2 is 2.15 bits per heavy atom. The van der Waals surface area contributed by atoms with E-state index in [0.29, 0.717) is 5.69 Å². The number of nitrogen functional groups attached to an aromatic ring is 1. The SMILES string of the molecule is Nc1cccc(C(=O)Nc2ccc3ncsc3c2)c1O. The third-order valence-corrected chi connectivity index (χ3v) is 3.69. The van der Waals surface area contributed by atoms with Crippen molar-refractivity contribution in [1.29, 1.82) is 0 Å². The molecule has 2 aromatic carbocycles. The van der Waals surface area contributed by atoms with Gasteiger partial charge in [-0.1, -0.05) is 6.07 Å². The molecule has 100 valence electrons. The van der Waals surface area contributed by atoms with Crippen LogP contribution in [0.2, 0.25) is 0 Å². The Kier molecular flexibility index (Phi) is 3.00. The van der Waals surface area contributed by atoms with Crippen molar-refractivity contribution in [2.24, 2.45) is 0 Å². The molecular weight excluding hydrogens is 274 g/mol. The Bertz CT molecular complexity index is 798. The molecule has 20 heavy (non-hydrogen) atoms. The first-order chi connectivity index (χ1) is 9.65. The quantitative estimate of drug-likeness (QED) is 0.499. The molecule has 6 heteroatoms. The third-order valence-electron chi connectivity index (χ3n) is 2.90. The Hall–Kier alpha value is -2.60. The lowest BCUT2D eigenvalue weighted by Gasteiger charge is -2.08. The summed E-state index contributed by atoms with van der Waals surface area (Å²) >= 11 is 1.50. The Balaban J connectivity index is 1.90. The number of phenolic OH excluding ortho intramolecular Hbond substituents is 1. The number of phenols is 1. The predicted octanol–water partition coefficient (Wildman–Crippen LogP) is 2.84. The Morgan fingerprint density at radius 1 is 1.30 bits per heavy atom. The van der Waals surface area contributed by atoms with E-state index in [9.17, 15) is 9.90 Å². The number of hydrogen-bond donors (Lipinski definition) is 3. The number of amides is 1. The molecule has 0 unspecified atom stereocenters. The zero-order valence-electron chi connectivity index (χ0n) is 10.3. The zero-order chi connectivity index (χ0) is 14.1. The van der Waals surface area contributed by atoms with Gasteiger partial charge in [0.15, 0.2) is 5.75 Å². The Labute approximate surface area is 118 Å². The van der Waals surface area contributed by atoms with E-state index in [0.717, 1.165) is 10.2 Å². The monoisotopic (exact) mass is 285 g/mol. The average Bonchev–Trinajstić information content (AvgIpc) is 2.89. The summed E-state index contributed by atoms with van der Waals surface area (Å²) < 4.78 is 0.986. The number of nitrogens with two attached hydrogens (primary N) is 1. The molecule has 3 aromatic rings. The fourth-order valence-electron chi connectivity index (χ4n) is 1.88. The summed E-state index contributed by atoms with van der Waals surface area (Å²) in [5.74, 6) is -0.609. The number of rotatable bonds is 2. The van der Waals surface area contributed by atoms with Crippen LogP contribution in [0.4, 0.5) is 11.4 Å². The highest BCUT2D eigenvalue weighted by atomic mass is 32.1. The van der Waals surface area contributed by atoms with Gasteiger partial charge in [0.2, 0.25) is 0 Å². The summed E-state index contributed by atoms with van der Waals surface area (Å²) in [6.07, 6.45) is 0. The first-order valence-electron chi connectivity index (χ1n) is 5.87. The molecule has 4 N–H and O–H groups in total. The van der Waals surface area contributed by atoms with Crippen molar-refractivity contribution >= 4 is 38.8 Å². The largest absolute Gasteiger partial charge is 0.505 e. The number of nitrogens with zero attached hydrogens (tertiary/aromatic N) is 1. The van der Waals surface area contributed by atoms with Gasteiger partial charge in [0.25, 0.3) is 5.91 Å². The number of thiazole rings is 1. The van der Waals surface area contributed by atoms with Gasteiger partial charge in [0.05, 0.1) is 27.0 Å². The predicted molar refractivity (Wildman–Crippen MR) is 80.1 cm³/mol. The summed E-state index contributed by atoms with van der Waals surface area (Å²) in [4.78, 5) is 16.3. The first kappa shape index (κ1) is 12.4. The van der Waals surface area contributed by atoms with Gasteiger partial charge < -0.3 is 16.2 Å². The van der Waals surface area contributed by atoms with E-state index in [4.69, 9.17) is 5.73 Å². The molecular formula is C14H11N3O2S. The number of aromatic nitrogens is 1. The van der Waals surface area contributed by atoms with E-state index in [-0.39, 0.29) is 17.0 Å². The van der Waals surface area contributed by atoms with Crippen LogP contribution in [-0.4, -0.2) is 16.0 Å². The molecule has 0 radical (unpaired) electrons. The van der Waals surface area contributed by atoms with E-state index >= 15 is 0 Å². The molecule has 0 bridgehead atoms. The number of carbonyl (C=O) groups excluding carboxylic acids is 1. The van der Waals surface area contributed by atoms with Crippen LogP contribution >= 0.6 is 11.3 Å². The van der Waals surface area contributed by atoms with Crippen molar-refractivity contribution < 1.29 is 9.90 Å². The summed E-state index contributed by atoms with van der Waals surface area (Å²) in [5.41, 5.74) is 9.19. The van der Waals surface area contributed by atoms with Gasteiger partial charge >= 0.3 is 0 Å². The topological polar surface area (TPSA) is 88.2 Å². The van der Waals surface area contributed by atoms with Crippen LogP contribution < -0.4 is 11.1 Å². The van der Waals surface area contributed by atoms with Crippen molar-refractivity contribution in [1.82, 2.24) is 4.98 Å². The summed E-state index contributed by atoms with van der Waals surface area (Å²) in [6.45, 7) is 0. The van der Waals surface area contributed by atoms with Crippen molar-refractivity contribution in [2.75, 3.05) is 11.1 Å². The fourth-order valence-corrected chi connectivity index (χ4v) is 2.59. The lowest BCUT2D eigenvalue weighted by molar-refractivity contribution is 0.102. The maximum absolute atomic E-state index is 12.1. The van der Waals surface area contributed by atoms with Gasteiger partial charge in [0.1, 0.15) is 0 Å². The van der Waals surface area contributed by atoms with Crippen LogP contribution in [0.25, 0.3) is 10.2 Å². The van der Waals surface area contributed by atoms with Crippen LogP contribution in [0.3, 0.4) is 0 Å². The third kappa shape index (κ3) is 2.17. The lowest BCUT2D eigenvalue weighted by atomic mass is 10.1. The second kappa shape index (κ2) is 4.82. The number of fused-ring (bicyclic) bond motifs is 1. The molecule has 1 amide bonds. The zero-order valence-corrected chi connectivity index (χ0v) is 11.1. The van der Waals surface area contributed by atoms with E-state index in [1.807, 2.05) is 12.1 Å². The second-order valence-corrected chi connectivity index (χ2v) is 5.12. The maximum atomic E-state index is 12.1. The lowest BCUT2D eigenvalue weighted by Crippen LogP contribution is -2.12. The molecule has 5 nitrogen and oxygen atoms in total. The number of hydrogen-bond acceptors (Lipinski definition) is 5. The molecule has 0 saturated heterocycles. The van der Waals surface area contributed by atoms with Gasteiger partial charge in [-0.15, -0.1) is 11.3 Å². The van der Waals surface area contributed by atoms with Gasteiger partial charge in [-0.05, 0) is 30.3 Å². The van der Waals surface area contributed by atoms with E-state index in [1.165, 1.54) is 23.5 Å². The molecule has 0 aliphatic heterocycles. The van der Waals surface area contributed by atoms with Gasteiger partial charge in [-0.2, -0.15) is 0 Å². The second-order valence-electron chi connectivity index (χ2n) is 4.23. The highest BCUT2D eigenvalue weighted by Crippen LogP contribution is 2.26. The minimum atomic E-state index is -0.404. The van der Waals surface area contributed by atoms with Crippen molar-refractivity contribution in [3.8, 4) is 5.75 Å².